The van der Waals surface area contributed by atoms with Crippen LogP contribution in [0.2, 0.25) is 0 Å². The minimum Gasteiger partial charge on any atom is -0.493 e. The average molecular weight is 415 g/mol. The Morgan fingerprint density at radius 1 is 1.10 bits per heavy atom. The SMILES string of the molecule is CCOC(=O)C1=C(C)Nc2nc(N)nc(N)c2C1c1cc(OC)c(OC)c(OC)c1. The zero-order chi connectivity index (χ0) is 22.0. The number of methoxy groups -OCH3 is 3. The Balaban J connectivity index is 2.33. The van der Waals surface area contributed by atoms with Crippen LogP contribution in [0.25, 0.3) is 0 Å². The molecule has 0 spiro atoms. The van der Waals surface area contributed by atoms with Crippen LogP contribution in [0.15, 0.2) is 23.4 Å². The number of nitrogens with zero attached hydrogens (tertiary/aromatic N) is 2. The predicted molar refractivity (Wildman–Crippen MR) is 112 cm³/mol. The number of nitrogens with two attached hydrogens (primary N) is 2. The van der Waals surface area contributed by atoms with Crippen LogP contribution in [-0.4, -0.2) is 43.9 Å². The summed E-state index contributed by atoms with van der Waals surface area (Å²) in [4.78, 5) is 21.2. The molecule has 0 amide bonds. The van der Waals surface area contributed by atoms with Crippen LogP contribution in [0.5, 0.6) is 17.2 Å². The number of carbonyl (C=O) groups is 1. The third-order valence-corrected chi connectivity index (χ3v) is 4.80. The van der Waals surface area contributed by atoms with Gasteiger partial charge in [0.1, 0.15) is 11.6 Å². The maximum Gasteiger partial charge on any atom is 0.336 e. The number of rotatable bonds is 6. The zero-order valence-corrected chi connectivity index (χ0v) is 17.5. The first-order valence-electron chi connectivity index (χ1n) is 9.23. The highest BCUT2D eigenvalue weighted by molar-refractivity contribution is 5.95. The summed E-state index contributed by atoms with van der Waals surface area (Å²) in [6, 6.07) is 3.51. The van der Waals surface area contributed by atoms with Crippen LogP contribution < -0.4 is 31.0 Å². The summed E-state index contributed by atoms with van der Waals surface area (Å²) in [7, 11) is 4.55. The van der Waals surface area contributed by atoms with Gasteiger partial charge in [-0.3, -0.25) is 0 Å². The Morgan fingerprint density at radius 3 is 2.27 bits per heavy atom. The van der Waals surface area contributed by atoms with Crippen molar-refractivity contribution in [2.75, 3.05) is 44.7 Å². The molecule has 3 rings (SSSR count). The van der Waals surface area contributed by atoms with Crippen molar-refractivity contribution in [2.45, 2.75) is 19.8 Å². The molecule has 2 aromatic rings. The van der Waals surface area contributed by atoms with Crippen molar-refractivity contribution in [3.63, 3.8) is 0 Å². The van der Waals surface area contributed by atoms with Crippen LogP contribution in [-0.2, 0) is 9.53 Å². The van der Waals surface area contributed by atoms with Crippen LogP contribution in [0.4, 0.5) is 17.6 Å². The first-order valence-corrected chi connectivity index (χ1v) is 9.23. The number of nitrogens with one attached hydrogen (secondary N) is 1. The molecule has 10 heteroatoms. The fourth-order valence-corrected chi connectivity index (χ4v) is 3.57. The van der Waals surface area contributed by atoms with Gasteiger partial charge < -0.3 is 35.7 Å². The third-order valence-electron chi connectivity index (χ3n) is 4.80. The van der Waals surface area contributed by atoms with Crippen molar-refractivity contribution in [3.05, 3.63) is 34.5 Å². The summed E-state index contributed by atoms with van der Waals surface area (Å²) >= 11 is 0. The number of anilines is 3. The number of fused-ring (bicyclic) bond motifs is 1. The van der Waals surface area contributed by atoms with E-state index < -0.39 is 11.9 Å². The second-order valence-electron chi connectivity index (χ2n) is 6.51. The minimum absolute atomic E-state index is 0.0229. The monoisotopic (exact) mass is 415 g/mol. The van der Waals surface area contributed by atoms with Gasteiger partial charge in [0.2, 0.25) is 11.7 Å². The molecule has 1 unspecified atom stereocenters. The number of ether oxygens (including phenoxy) is 4. The number of hydrogen-bond donors (Lipinski definition) is 3. The predicted octanol–water partition coefficient (Wildman–Crippen LogP) is 2.06. The third kappa shape index (κ3) is 3.51. The van der Waals surface area contributed by atoms with Gasteiger partial charge in [-0.25, -0.2) is 4.79 Å². The molecule has 2 heterocycles. The Labute approximate surface area is 174 Å². The van der Waals surface area contributed by atoms with E-state index in [1.807, 2.05) is 0 Å². The number of carbonyl (C=O) groups excluding carboxylic acids is 1. The van der Waals surface area contributed by atoms with Gasteiger partial charge >= 0.3 is 5.97 Å². The largest absolute Gasteiger partial charge is 0.493 e. The van der Waals surface area contributed by atoms with Crippen molar-refractivity contribution in [1.29, 1.82) is 0 Å². The van der Waals surface area contributed by atoms with E-state index in [2.05, 4.69) is 15.3 Å². The van der Waals surface area contributed by atoms with E-state index >= 15 is 0 Å². The van der Waals surface area contributed by atoms with Crippen molar-refractivity contribution >= 4 is 23.6 Å². The van der Waals surface area contributed by atoms with Gasteiger partial charge in [-0.05, 0) is 31.5 Å². The van der Waals surface area contributed by atoms with Crippen LogP contribution >= 0.6 is 0 Å². The van der Waals surface area contributed by atoms with Crippen molar-refractivity contribution < 1.29 is 23.7 Å². The molecule has 0 fully saturated rings. The molecule has 0 aliphatic carbocycles. The molecular formula is C20H25N5O5. The van der Waals surface area contributed by atoms with Gasteiger partial charge in [-0.1, -0.05) is 0 Å². The Bertz CT molecular complexity index is 996. The number of aromatic nitrogens is 2. The van der Waals surface area contributed by atoms with E-state index in [1.165, 1.54) is 21.3 Å². The maximum absolute atomic E-state index is 12.9. The first-order chi connectivity index (χ1) is 14.4. The summed E-state index contributed by atoms with van der Waals surface area (Å²) in [6.45, 7) is 3.72. The molecule has 1 aliphatic rings. The second-order valence-corrected chi connectivity index (χ2v) is 6.51. The zero-order valence-electron chi connectivity index (χ0n) is 17.5. The van der Waals surface area contributed by atoms with Gasteiger partial charge in [0.25, 0.3) is 0 Å². The van der Waals surface area contributed by atoms with Crippen LogP contribution in [0, 0.1) is 0 Å². The summed E-state index contributed by atoms with van der Waals surface area (Å²) < 4.78 is 21.7. The van der Waals surface area contributed by atoms with Crippen LogP contribution in [0.1, 0.15) is 30.9 Å². The normalized spacial score (nSPS) is 15.2. The van der Waals surface area contributed by atoms with Gasteiger partial charge in [0.05, 0.1) is 39.4 Å². The Hall–Kier alpha value is -3.69. The molecule has 0 bridgehead atoms. The smallest absolute Gasteiger partial charge is 0.336 e. The molecule has 1 aliphatic heterocycles. The number of nitrogen functional groups attached to an aromatic ring is 2. The minimum atomic E-state index is -0.644. The van der Waals surface area contributed by atoms with E-state index in [0.29, 0.717) is 45.5 Å². The number of benzene rings is 1. The fraction of sp³-hybridized carbons (Fsp3) is 0.350. The topological polar surface area (TPSA) is 144 Å². The van der Waals surface area contributed by atoms with E-state index in [0.717, 1.165) is 0 Å². The van der Waals surface area contributed by atoms with E-state index in [4.69, 9.17) is 30.4 Å². The highest BCUT2D eigenvalue weighted by Gasteiger charge is 2.37. The summed E-state index contributed by atoms with van der Waals surface area (Å²) in [6.07, 6.45) is 0. The Morgan fingerprint density at radius 2 is 1.73 bits per heavy atom. The van der Waals surface area contributed by atoms with Gasteiger partial charge in [-0.15, -0.1) is 0 Å². The molecule has 30 heavy (non-hydrogen) atoms. The quantitative estimate of drug-likeness (QED) is 0.600. The molecule has 10 nitrogen and oxygen atoms in total. The fourth-order valence-electron chi connectivity index (χ4n) is 3.57. The van der Waals surface area contributed by atoms with E-state index in [1.54, 1.807) is 26.0 Å². The molecule has 0 saturated heterocycles. The lowest BCUT2D eigenvalue weighted by Crippen LogP contribution is -2.27. The Kier molecular flexibility index (Phi) is 5.86. The lowest BCUT2D eigenvalue weighted by atomic mass is 9.81. The van der Waals surface area contributed by atoms with Gasteiger partial charge in [-0.2, -0.15) is 9.97 Å². The number of esters is 1. The molecule has 1 aromatic carbocycles. The van der Waals surface area contributed by atoms with Crippen molar-refractivity contribution in [2.24, 2.45) is 0 Å². The molecule has 160 valence electrons. The summed E-state index contributed by atoms with van der Waals surface area (Å²) in [5.74, 6) is 0.762. The maximum atomic E-state index is 12.9. The molecule has 0 saturated carbocycles. The lowest BCUT2D eigenvalue weighted by molar-refractivity contribution is -0.138. The second kappa shape index (κ2) is 8.36. The number of hydrogen-bond acceptors (Lipinski definition) is 10. The average Bonchev–Trinajstić information content (AvgIpc) is 2.71. The number of allylic oxidation sites excluding steroid dienone is 1. The van der Waals surface area contributed by atoms with E-state index in [9.17, 15) is 4.79 Å². The first kappa shape index (κ1) is 21.0. The standard InChI is InChI=1S/C20H25N5O5/c1-6-30-19(26)13-9(2)23-18-15(17(21)24-20(22)25-18)14(13)10-7-11(27-3)16(29-5)12(8-10)28-4/h7-8,14H,6H2,1-5H3,(H5,21,22,23,24,25). The van der Waals surface area contributed by atoms with Gasteiger partial charge in [0.15, 0.2) is 11.5 Å². The van der Waals surface area contributed by atoms with E-state index in [-0.39, 0.29) is 18.4 Å². The summed E-state index contributed by atoms with van der Waals surface area (Å²) in [5.41, 5.74) is 14.1. The molecule has 1 aromatic heterocycles. The molecule has 5 N–H and O–H groups in total. The summed E-state index contributed by atoms with van der Waals surface area (Å²) in [5, 5.41) is 3.09. The van der Waals surface area contributed by atoms with Crippen LogP contribution in [0.3, 0.4) is 0 Å². The van der Waals surface area contributed by atoms with Crippen molar-refractivity contribution in [1.82, 2.24) is 9.97 Å². The molecule has 1 atom stereocenters. The highest BCUT2D eigenvalue weighted by atomic mass is 16.5. The molecular weight excluding hydrogens is 390 g/mol. The molecule has 0 radical (unpaired) electrons. The van der Waals surface area contributed by atoms with Crippen molar-refractivity contribution in [3.8, 4) is 17.2 Å². The van der Waals surface area contributed by atoms with Gasteiger partial charge in [0, 0.05) is 11.3 Å². The lowest BCUT2D eigenvalue weighted by Gasteiger charge is -2.30. The highest BCUT2D eigenvalue weighted by Crippen LogP contribution is 2.48.